The van der Waals surface area contributed by atoms with Crippen LogP contribution in [0.25, 0.3) is 6.08 Å². The van der Waals surface area contributed by atoms with Gasteiger partial charge in [-0.25, -0.2) is 14.8 Å². The molecule has 2 atom stereocenters. The van der Waals surface area contributed by atoms with Gasteiger partial charge in [-0.05, 0) is 47.9 Å². The maximum atomic E-state index is 11.8. The van der Waals surface area contributed by atoms with Crippen LogP contribution in [0.2, 0.25) is 0 Å². The lowest BCUT2D eigenvalue weighted by molar-refractivity contribution is -0.115. The molecule has 202 valence electrons. The number of methoxy groups -OCH3 is 1. The van der Waals surface area contributed by atoms with Crippen molar-refractivity contribution >= 4 is 35.1 Å². The third-order valence-corrected chi connectivity index (χ3v) is 7.21. The number of amides is 3. The number of piperidine rings is 1. The van der Waals surface area contributed by atoms with Gasteiger partial charge in [0.15, 0.2) is 11.5 Å². The van der Waals surface area contributed by atoms with Crippen LogP contribution in [0.4, 0.5) is 9.59 Å². The van der Waals surface area contributed by atoms with Crippen molar-refractivity contribution in [3.63, 3.8) is 0 Å². The molecule has 12 heteroatoms. The Labute approximate surface area is 224 Å². The van der Waals surface area contributed by atoms with Crippen LogP contribution in [0.1, 0.15) is 44.7 Å². The van der Waals surface area contributed by atoms with Gasteiger partial charge >= 0.3 is 6.09 Å². The van der Waals surface area contributed by atoms with Crippen molar-refractivity contribution in [2.45, 2.75) is 52.7 Å². The fourth-order valence-electron chi connectivity index (χ4n) is 4.42. The molecule has 4 rings (SSSR count). The van der Waals surface area contributed by atoms with Gasteiger partial charge in [0.25, 0.3) is 11.1 Å². The van der Waals surface area contributed by atoms with Gasteiger partial charge in [0, 0.05) is 25.4 Å². The summed E-state index contributed by atoms with van der Waals surface area (Å²) in [6, 6.07) is 4.91. The van der Waals surface area contributed by atoms with Gasteiger partial charge in [0.2, 0.25) is 11.8 Å². The van der Waals surface area contributed by atoms with E-state index in [1.165, 1.54) is 18.3 Å². The molecular formula is C26H30N4O7S. The number of aromatic nitrogens is 2. The van der Waals surface area contributed by atoms with Gasteiger partial charge in [0.05, 0.1) is 17.6 Å². The Balaban J connectivity index is 1.51. The average molecular weight is 543 g/mol. The Morgan fingerprint density at radius 2 is 1.95 bits per heavy atom. The van der Waals surface area contributed by atoms with Gasteiger partial charge in [-0.2, -0.15) is 0 Å². The van der Waals surface area contributed by atoms with Crippen LogP contribution in [-0.2, 0) is 4.79 Å². The first-order valence-electron chi connectivity index (χ1n) is 12.0. The molecule has 2 N–H and O–H groups in total. The number of hydrogen-bond acceptors (Lipinski definition) is 9. The van der Waals surface area contributed by atoms with E-state index in [0.717, 1.165) is 11.8 Å². The number of carboxylic acid groups (broad SMARTS) is 1. The number of likely N-dealkylation sites (tertiary alicyclic amines) is 1. The zero-order chi connectivity index (χ0) is 27.6. The van der Waals surface area contributed by atoms with Gasteiger partial charge in [0.1, 0.15) is 12.4 Å². The van der Waals surface area contributed by atoms with Crippen molar-refractivity contribution < 1.29 is 33.7 Å². The molecule has 0 spiro atoms. The second-order valence-corrected chi connectivity index (χ2v) is 11.1. The number of imide groups is 1. The summed E-state index contributed by atoms with van der Waals surface area (Å²) < 4.78 is 17.8. The van der Waals surface area contributed by atoms with Crippen molar-refractivity contribution in [3.8, 4) is 23.3 Å². The molecule has 3 amide bonds. The number of carbonyl (C=O) groups is 3. The number of nitrogens with zero attached hydrogens (tertiary/aromatic N) is 3. The van der Waals surface area contributed by atoms with E-state index in [1.807, 2.05) is 20.8 Å². The Kier molecular flexibility index (Phi) is 7.81. The summed E-state index contributed by atoms with van der Waals surface area (Å²) in [6.45, 7) is 8.23. The largest absolute Gasteiger partial charge is 0.493 e. The van der Waals surface area contributed by atoms with Crippen molar-refractivity contribution in [3.05, 3.63) is 40.6 Å². The number of thioether (sulfide) groups is 1. The Hall–Kier alpha value is -3.80. The fraction of sp³-hybridized carbons (Fsp3) is 0.423. The van der Waals surface area contributed by atoms with Crippen molar-refractivity contribution in [2.75, 3.05) is 13.7 Å². The quantitative estimate of drug-likeness (QED) is 0.487. The lowest BCUT2D eigenvalue weighted by Crippen LogP contribution is -2.53. The normalized spacial score (nSPS) is 20.9. The molecule has 2 aliphatic rings. The first kappa shape index (κ1) is 27.2. The van der Waals surface area contributed by atoms with Crippen LogP contribution < -0.4 is 19.5 Å². The number of nitrogens with one attached hydrogen (secondary N) is 1. The molecule has 2 saturated heterocycles. The minimum atomic E-state index is -0.924. The number of benzene rings is 1. The predicted molar refractivity (Wildman–Crippen MR) is 141 cm³/mol. The zero-order valence-corrected chi connectivity index (χ0v) is 22.6. The maximum absolute atomic E-state index is 11.8. The monoisotopic (exact) mass is 542 g/mol. The molecule has 11 nitrogen and oxygen atoms in total. The summed E-state index contributed by atoms with van der Waals surface area (Å²) in [5.74, 6) is 1.01. The van der Waals surface area contributed by atoms with Gasteiger partial charge in [-0.3, -0.25) is 14.9 Å². The van der Waals surface area contributed by atoms with Crippen LogP contribution in [0.5, 0.6) is 23.3 Å². The first-order chi connectivity index (χ1) is 18.0. The SMILES string of the molecule is COc1cc(/C=C2\SC(=O)NC2=O)ccc1Oc1ncnc(OC2CCN(C(=O)O)C(C(C)(C)C)C2)c1C. The highest BCUT2D eigenvalue weighted by Gasteiger charge is 2.39. The minimum Gasteiger partial charge on any atom is -0.493 e. The zero-order valence-electron chi connectivity index (χ0n) is 21.8. The van der Waals surface area contributed by atoms with E-state index >= 15 is 0 Å². The molecule has 0 radical (unpaired) electrons. The predicted octanol–water partition coefficient (Wildman–Crippen LogP) is 4.85. The lowest BCUT2D eigenvalue weighted by atomic mass is 9.80. The van der Waals surface area contributed by atoms with E-state index in [4.69, 9.17) is 14.2 Å². The summed E-state index contributed by atoms with van der Waals surface area (Å²) in [4.78, 5) is 45.3. The topological polar surface area (TPSA) is 140 Å². The molecule has 1 aromatic heterocycles. The summed E-state index contributed by atoms with van der Waals surface area (Å²) in [5, 5.41) is 11.4. The van der Waals surface area contributed by atoms with Crippen molar-refractivity contribution in [1.82, 2.24) is 20.2 Å². The van der Waals surface area contributed by atoms with E-state index in [9.17, 15) is 19.5 Å². The van der Waals surface area contributed by atoms with Gasteiger partial charge in [-0.1, -0.05) is 26.8 Å². The van der Waals surface area contributed by atoms with Crippen LogP contribution in [0.15, 0.2) is 29.4 Å². The van der Waals surface area contributed by atoms with Crippen LogP contribution in [0.3, 0.4) is 0 Å². The smallest absolute Gasteiger partial charge is 0.407 e. The van der Waals surface area contributed by atoms with E-state index in [2.05, 4.69) is 15.3 Å². The van der Waals surface area contributed by atoms with Crippen LogP contribution >= 0.6 is 11.8 Å². The number of ether oxygens (including phenoxy) is 3. The molecule has 0 aliphatic carbocycles. The second-order valence-electron chi connectivity index (χ2n) is 10.1. The Bertz CT molecular complexity index is 1290. The lowest BCUT2D eigenvalue weighted by Gasteiger charge is -2.44. The molecule has 3 heterocycles. The third-order valence-electron chi connectivity index (χ3n) is 6.40. The number of rotatable bonds is 6. The summed E-state index contributed by atoms with van der Waals surface area (Å²) in [5.41, 5.74) is 1.00. The third kappa shape index (κ3) is 6.01. The van der Waals surface area contributed by atoms with Crippen molar-refractivity contribution in [2.24, 2.45) is 5.41 Å². The second kappa shape index (κ2) is 10.9. The van der Waals surface area contributed by atoms with Crippen LogP contribution in [-0.4, -0.2) is 63.0 Å². The van der Waals surface area contributed by atoms with Crippen LogP contribution in [0, 0.1) is 12.3 Å². The highest BCUT2D eigenvalue weighted by molar-refractivity contribution is 8.18. The molecular weight excluding hydrogens is 512 g/mol. The molecule has 0 saturated carbocycles. The highest BCUT2D eigenvalue weighted by Crippen LogP contribution is 2.37. The number of carbonyl (C=O) groups excluding carboxylic acids is 2. The van der Waals surface area contributed by atoms with E-state index in [-0.39, 0.29) is 23.4 Å². The number of hydrogen-bond donors (Lipinski definition) is 2. The molecule has 2 aliphatic heterocycles. The molecule has 1 aromatic carbocycles. The van der Waals surface area contributed by atoms with Gasteiger partial charge in [-0.15, -0.1) is 0 Å². The Morgan fingerprint density at radius 3 is 2.58 bits per heavy atom. The standard InChI is InChI=1S/C26H30N4O7S/c1-14-22(36-16-8-9-30(25(33)34)20(12-16)26(2,3)4)27-13-28-23(14)37-17-7-6-15(10-18(17)35-5)11-19-21(31)29-24(32)38-19/h6-7,10-11,13,16,20H,8-9,12H2,1-5H3,(H,33,34)(H,29,31,32)/b19-11-. The molecule has 2 fully saturated rings. The first-order valence-corrected chi connectivity index (χ1v) is 12.9. The maximum Gasteiger partial charge on any atom is 0.407 e. The summed E-state index contributed by atoms with van der Waals surface area (Å²) in [7, 11) is 1.50. The Morgan fingerprint density at radius 1 is 1.21 bits per heavy atom. The molecule has 0 bridgehead atoms. The minimum absolute atomic E-state index is 0.193. The van der Waals surface area contributed by atoms with Gasteiger partial charge < -0.3 is 24.2 Å². The highest BCUT2D eigenvalue weighted by atomic mass is 32.2. The van der Waals surface area contributed by atoms with Crippen molar-refractivity contribution in [1.29, 1.82) is 0 Å². The molecule has 38 heavy (non-hydrogen) atoms. The fourth-order valence-corrected chi connectivity index (χ4v) is 5.11. The molecule has 2 aromatic rings. The summed E-state index contributed by atoms with van der Waals surface area (Å²) >= 11 is 0.836. The average Bonchev–Trinajstić information content (AvgIpc) is 3.17. The molecule has 2 unspecified atom stereocenters. The summed E-state index contributed by atoms with van der Waals surface area (Å²) in [6.07, 6.45) is 2.90. The van der Waals surface area contributed by atoms with E-state index in [0.29, 0.717) is 52.8 Å². The van der Waals surface area contributed by atoms with E-state index < -0.39 is 17.2 Å². The van der Waals surface area contributed by atoms with E-state index in [1.54, 1.807) is 31.2 Å².